The molecule has 1 fully saturated rings. The topological polar surface area (TPSA) is 57.8 Å². The summed E-state index contributed by atoms with van der Waals surface area (Å²) in [5.74, 6) is 0.927. The number of nitrogens with zero attached hydrogens (tertiary/aromatic N) is 1. The Hall–Kier alpha value is -1.55. The van der Waals surface area contributed by atoms with Crippen molar-refractivity contribution in [1.29, 1.82) is 0 Å². The number of amides is 1. The number of nitrogens with one attached hydrogen (secondary N) is 2. The van der Waals surface area contributed by atoms with Crippen molar-refractivity contribution in [2.24, 2.45) is 11.8 Å². The molecule has 1 aliphatic rings. The molecule has 0 aromatic carbocycles. The molecule has 1 aliphatic carbocycles. The third-order valence-corrected chi connectivity index (χ3v) is 4.26. The average Bonchev–Trinajstić information content (AvgIpc) is 3.21. The molecule has 2 aromatic rings. The summed E-state index contributed by atoms with van der Waals surface area (Å²) in [4.78, 5) is 19.1. The summed E-state index contributed by atoms with van der Waals surface area (Å²) in [6, 6.07) is 1.86. The van der Waals surface area contributed by atoms with E-state index in [-0.39, 0.29) is 11.8 Å². The van der Waals surface area contributed by atoms with Crippen LogP contribution in [0, 0.1) is 11.8 Å². The van der Waals surface area contributed by atoms with Crippen molar-refractivity contribution in [3.05, 3.63) is 29.2 Å². The van der Waals surface area contributed by atoms with Gasteiger partial charge in [0.15, 0.2) is 0 Å². The van der Waals surface area contributed by atoms with Gasteiger partial charge in [0, 0.05) is 24.0 Å². The Morgan fingerprint density at radius 1 is 1.60 bits per heavy atom. The maximum Gasteiger partial charge on any atom is 0.223 e. The molecule has 2 heterocycles. The van der Waals surface area contributed by atoms with Crippen LogP contribution in [0.2, 0.25) is 5.15 Å². The van der Waals surface area contributed by atoms with Crippen LogP contribution in [0.25, 0.3) is 10.9 Å². The Morgan fingerprint density at radius 2 is 2.40 bits per heavy atom. The minimum absolute atomic E-state index is 0.150. The lowest BCUT2D eigenvalue weighted by Gasteiger charge is -2.10. The molecule has 2 aromatic heterocycles. The van der Waals surface area contributed by atoms with Gasteiger partial charge in [0.05, 0.1) is 11.7 Å². The quantitative estimate of drug-likeness (QED) is 0.832. The molecule has 20 heavy (non-hydrogen) atoms. The van der Waals surface area contributed by atoms with Crippen molar-refractivity contribution < 1.29 is 4.79 Å². The maximum absolute atomic E-state index is 11.9. The van der Waals surface area contributed by atoms with Gasteiger partial charge in [-0.15, -0.1) is 0 Å². The first-order valence-electron chi connectivity index (χ1n) is 7.04. The van der Waals surface area contributed by atoms with Crippen molar-refractivity contribution in [1.82, 2.24) is 15.3 Å². The zero-order chi connectivity index (χ0) is 14.1. The molecular formula is C15H18ClN3O. The number of carbonyl (C=O) groups is 1. The van der Waals surface area contributed by atoms with E-state index in [1.165, 1.54) is 12.8 Å². The Bertz CT molecular complexity index is 633. The molecule has 0 spiro atoms. The summed E-state index contributed by atoms with van der Waals surface area (Å²) >= 11 is 5.92. The zero-order valence-corrected chi connectivity index (χ0v) is 12.2. The molecule has 0 radical (unpaired) electrons. The zero-order valence-electron chi connectivity index (χ0n) is 11.4. The highest BCUT2D eigenvalue weighted by atomic mass is 35.5. The van der Waals surface area contributed by atoms with E-state index in [4.69, 9.17) is 11.6 Å². The van der Waals surface area contributed by atoms with Crippen LogP contribution in [-0.4, -0.2) is 22.4 Å². The third-order valence-electron chi connectivity index (χ3n) is 4.05. The molecule has 106 valence electrons. The van der Waals surface area contributed by atoms with Crippen molar-refractivity contribution in [2.75, 3.05) is 6.54 Å². The third kappa shape index (κ3) is 2.80. The first-order chi connectivity index (χ1) is 9.65. The van der Waals surface area contributed by atoms with Gasteiger partial charge in [-0.3, -0.25) is 4.79 Å². The Balaban J connectivity index is 1.59. The number of fused-ring (bicyclic) bond motifs is 1. The van der Waals surface area contributed by atoms with E-state index in [0.717, 1.165) is 22.9 Å². The van der Waals surface area contributed by atoms with E-state index in [1.54, 1.807) is 6.20 Å². The smallest absolute Gasteiger partial charge is 0.223 e. The van der Waals surface area contributed by atoms with Crippen molar-refractivity contribution >= 4 is 28.4 Å². The van der Waals surface area contributed by atoms with Gasteiger partial charge in [-0.25, -0.2) is 4.98 Å². The molecule has 1 unspecified atom stereocenters. The lowest BCUT2D eigenvalue weighted by Crippen LogP contribution is -2.31. The number of pyridine rings is 1. The Labute approximate surface area is 122 Å². The number of aromatic nitrogens is 2. The van der Waals surface area contributed by atoms with E-state index < -0.39 is 0 Å². The molecule has 4 nitrogen and oxygen atoms in total. The molecule has 0 bridgehead atoms. The summed E-state index contributed by atoms with van der Waals surface area (Å²) in [5, 5.41) is 4.59. The van der Waals surface area contributed by atoms with E-state index >= 15 is 0 Å². The highest BCUT2D eigenvalue weighted by molar-refractivity contribution is 6.30. The molecule has 3 rings (SSSR count). The second-order valence-corrected chi connectivity index (χ2v) is 5.92. The average molecular weight is 292 g/mol. The molecule has 2 N–H and O–H groups in total. The normalized spacial score (nSPS) is 16.3. The van der Waals surface area contributed by atoms with Gasteiger partial charge in [-0.1, -0.05) is 18.5 Å². The first kappa shape index (κ1) is 13.4. The van der Waals surface area contributed by atoms with Crippen LogP contribution >= 0.6 is 11.6 Å². The number of H-pyrrole nitrogens is 1. The summed E-state index contributed by atoms with van der Waals surface area (Å²) < 4.78 is 0. The number of aromatic amines is 1. The van der Waals surface area contributed by atoms with Crippen LogP contribution in [0.3, 0.4) is 0 Å². The van der Waals surface area contributed by atoms with Crippen molar-refractivity contribution in [2.45, 2.75) is 26.2 Å². The first-order valence-corrected chi connectivity index (χ1v) is 7.42. The highest BCUT2D eigenvalue weighted by Gasteiger charge is 2.32. The molecule has 1 amide bonds. The van der Waals surface area contributed by atoms with Gasteiger partial charge >= 0.3 is 0 Å². The fourth-order valence-electron chi connectivity index (χ4n) is 2.55. The number of carbonyl (C=O) groups excluding carboxylic acids is 1. The van der Waals surface area contributed by atoms with Crippen LogP contribution in [-0.2, 0) is 11.2 Å². The van der Waals surface area contributed by atoms with Crippen LogP contribution in [0.5, 0.6) is 0 Å². The standard InChI is InChI=1S/C15H18ClN3O/c1-9(10-2-3-10)15(20)17-5-4-11-7-18-13-8-19-14(16)6-12(11)13/h6-10,18H,2-5H2,1H3,(H,17,20). The van der Waals surface area contributed by atoms with Gasteiger partial charge in [-0.2, -0.15) is 0 Å². The number of halogens is 1. The Kier molecular flexibility index (Phi) is 3.66. The molecule has 1 atom stereocenters. The van der Waals surface area contributed by atoms with E-state index in [9.17, 15) is 4.79 Å². The SMILES string of the molecule is CC(C(=O)NCCc1c[nH]c2cnc(Cl)cc12)C1CC1. The van der Waals surface area contributed by atoms with Crippen LogP contribution in [0.4, 0.5) is 0 Å². The second kappa shape index (κ2) is 5.44. The lowest BCUT2D eigenvalue weighted by atomic mass is 10.1. The fraction of sp³-hybridized carbons (Fsp3) is 0.467. The largest absolute Gasteiger partial charge is 0.360 e. The number of rotatable bonds is 5. The van der Waals surface area contributed by atoms with Crippen LogP contribution in [0.1, 0.15) is 25.3 Å². The van der Waals surface area contributed by atoms with Crippen LogP contribution < -0.4 is 5.32 Å². The lowest BCUT2D eigenvalue weighted by molar-refractivity contribution is -0.125. The second-order valence-electron chi connectivity index (χ2n) is 5.53. The predicted molar refractivity (Wildman–Crippen MR) is 79.7 cm³/mol. The molecular weight excluding hydrogens is 274 g/mol. The van der Waals surface area contributed by atoms with E-state index in [1.807, 2.05) is 19.2 Å². The minimum atomic E-state index is 0.150. The number of hydrogen-bond acceptors (Lipinski definition) is 2. The molecule has 0 aliphatic heterocycles. The molecule has 5 heteroatoms. The van der Waals surface area contributed by atoms with Gasteiger partial charge in [0.25, 0.3) is 0 Å². The van der Waals surface area contributed by atoms with Gasteiger partial charge in [-0.05, 0) is 36.8 Å². The van der Waals surface area contributed by atoms with E-state index in [0.29, 0.717) is 17.6 Å². The maximum atomic E-state index is 11.9. The summed E-state index contributed by atoms with van der Waals surface area (Å²) in [5.41, 5.74) is 2.13. The highest BCUT2D eigenvalue weighted by Crippen LogP contribution is 2.36. The summed E-state index contributed by atoms with van der Waals surface area (Å²) in [6.07, 6.45) is 6.88. The summed E-state index contributed by atoms with van der Waals surface area (Å²) in [6.45, 7) is 2.67. The predicted octanol–water partition coefficient (Wildman–Crippen LogP) is 2.92. The van der Waals surface area contributed by atoms with Gasteiger partial charge < -0.3 is 10.3 Å². The van der Waals surface area contributed by atoms with Gasteiger partial charge in [0.1, 0.15) is 5.15 Å². The summed E-state index contributed by atoms with van der Waals surface area (Å²) in [7, 11) is 0. The monoisotopic (exact) mass is 291 g/mol. The molecule has 1 saturated carbocycles. The van der Waals surface area contributed by atoms with Crippen molar-refractivity contribution in [3.8, 4) is 0 Å². The van der Waals surface area contributed by atoms with E-state index in [2.05, 4.69) is 15.3 Å². The Morgan fingerprint density at radius 3 is 3.15 bits per heavy atom. The van der Waals surface area contributed by atoms with Crippen molar-refractivity contribution in [3.63, 3.8) is 0 Å². The number of hydrogen-bond donors (Lipinski definition) is 2. The fourth-order valence-corrected chi connectivity index (χ4v) is 2.71. The molecule has 0 saturated heterocycles. The van der Waals surface area contributed by atoms with Gasteiger partial charge in [0.2, 0.25) is 5.91 Å². The van der Waals surface area contributed by atoms with Crippen LogP contribution in [0.15, 0.2) is 18.5 Å². The minimum Gasteiger partial charge on any atom is -0.360 e.